The molecule has 3 heterocycles. The molecule has 0 bridgehead atoms. The Kier molecular flexibility index (Phi) is 2.62. The van der Waals surface area contributed by atoms with Crippen molar-refractivity contribution in [3.8, 4) is 0 Å². The Balaban J connectivity index is 1.80. The Morgan fingerprint density at radius 2 is 1.81 bits per heavy atom. The van der Waals surface area contributed by atoms with Crippen LogP contribution in [0.4, 0.5) is 0 Å². The molecule has 2 aromatic rings. The van der Waals surface area contributed by atoms with Gasteiger partial charge in [-0.2, -0.15) is 0 Å². The highest BCUT2D eigenvalue weighted by Crippen LogP contribution is 2.29. The highest BCUT2D eigenvalue weighted by atomic mass is 16.2. The second-order valence-electron chi connectivity index (χ2n) is 5.86. The van der Waals surface area contributed by atoms with Gasteiger partial charge in [-0.3, -0.25) is 14.9 Å². The predicted molar refractivity (Wildman–Crippen MR) is 77.3 cm³/mol. The number of imidazole rings is 1. The van der Waals surface area contributed by atoms with Crippen LogP contribution in [0.15, 0.2) is 18.5 Å². The molecule has 6 heteroatoms. The van der Waals surface area contributed by atoms with Gasteiger partial charge in [0, 0.05) is 6.04 Å². The molecule has 0 atom stereocenters. The molecule has 0 saturated carbocycles. The van der Waals surface area contributed by atoms with E-state index >= 15 is 0 Å². The molecule has 108 valence electrons. The summed E-state index contributed by atoms with van der Waals surface area (Å²) >= 11 is 0. The van der Waals surface area contributed by atoms with Crippen molar-refractivity contribution in [3.63, 3.8) is 0 Å². The van der Waals surface area contributed by atoms with Crippen LogP contribution < -0.4 is 5.32 Å². The van der Waals surface area contributed by atoms with Gasteiger partial charge in [0.1, 0.15) is 0 Å². The highest BCUT2D eigenvalue weighted by Gasteiger charge is 2.29. The summed E-state index contributed by atoms with van der Waals surface area (Å²) in [7, 11) is 2.13. The van der Waals surface area contributed by atoms with Crippen LogP contribution in [0, 0.1) is 0 Å². The zero-order chi connectivity index (χ0) is 14.6. The van der Waals surface area contributed by atoms with E-state index < -0.39 is 0 Å². The third kappa shape index (κ3) is 1.86. The molecule has 0 radical (unpaired) electrons. The normalized spacial score (nSPS) is 20.0. The van der Waals surface area contributed by atoms with Crippen LogP contribution in [0.1, 0.15) is 39.6 Å². The number of amides is 2. The van der Waals surface area contributed by atoms with Crippen LogP contribution in [0.5, 0.6) is 0 Å². The molecule has 2 aliphatic heterocycles. The molecular weight excluding hydrogens is 268 g/mol. The Hall–Kier alpha value is -2.21. The number of hydrogen-bond donors (Lipinski definition) is 1. The van der Waals surface area contributed by atoms with Crippen molar-refractivity contribution in [1.82, 2.24) is 19.8 Å². The first kappa shape index (κ1) is 12.5. The zero-order valence-corrected chi connectivity index (χ0v) is 11.8. The predicted octanol–water partition coefficient (Wildman–Crippen LogP) is 1.19. The van der Waals surface area contributed by atoms with Gasteiger partial charge in [0.2, 0.25) is 0 Å². The molecule has 1 aromatic carbocycles. The second kappa shape index (κ2) is 4.39. The molecule has 0 aliphatic carbocycles. The van der Waals surface area contributed by atoms with Gasteiger partial charge in [-0.15, -0.1) is 0 Å². The van der Waals surface area contributed by atoms with E-state index in [0.29, 0.717) is 17.2 Å². The van der Waals surface area contributed by atoms with E-state index in [2.05, 4.69) is 26.8 Å². The van der Waals surface area contributed by atoms with Gasteiger partial charge in [0.15, 0.2) is 0 Å². The molecular formula is C15H16N4O2. The van der Waals surface area contributed by atoms with E-state index in [1.54, 1.807) is 12.1 Å². The third-order valence-corrected chi connectivity index (χ3v) is 4.51. The van der Waals surface area contributed by atoms with E-state index in [4.69, 9.17) is 0 Å². The maximum Gasteiger partial charge on any atom is 0.259 e. The van der Waals surface area contributed by atoms with Gasteiger partial charge in [-0.1, -0.05) is 0 Å². The molecule has 6 nitrogen and oxygen atoms in total. The number of aromatic nitrogens is 2. The van der Waals surface area contributed by atoms with E-state index in [0.717, 1.165) is 37.0 Å². The van der Waals surface area contributed by atoms with Crippen molar-refractivity contribution in [2.45, 2.75) is 18.9 Å². The quantitative estimate of drug-likeness (QED) is 0.799. The fraction of sp³-hybridized carbons (Fsp3) is 0.400. The smallest absolute Gasteiger partial charge is 0.259 e. The van der Waals surface area contributed by atoms with Crippen molar-refractivity contribution >= 4 is 22.8 Å². The van der Waals surface area contributed by atoms with Gasteiger partial charge in [0.25, 0.3) is 11.8 Å². The molecule has 1 saturated heterocycles. The molecule has 2 aliphatic rings. The zero-order valence-electron chi connectivity index (χ0n) is 11.8. The number of nitrogens with zero attached hydrogens (tertiary/aromatic N) is 3. The summed E-state index contributed by atoms with van der Waals surface area (Å²) in [5, 5.41) is 2.33. The monoisotopic (exact) mass is 284 g/mol. The molecule has 1 aromatic heterocycles. The summed E-state index contributed by atoms with van der Waals surface area (Å²) in [4.78, 5) is 30.2. The Morgan fingerprint density at radius 3 is 2.52 bits per heavy atom. The third-order valence-electron chi connectivity index (χ3n) is 4.51. The number of likely N-dealkylation sites (tertiary alicyclic amines) is 1. The molecule has 2 amide bonds. The lowest BCUT2D eigenvalue weighted by atomic mass is 10.0. The number of imide groups is 1. The van der Waals surface area contributed by atoms with Crippen LogP contribution in [-0.2, 0) is 0 Å². The Morgan fingerprint density at radius 1 is 1.14 bits per heavy atom. The maximum absolute atomic E-state index is 11.8. The summed E-state index contributed by atoms with van der Waals surface area (Å²) in [5.41, 5.74) is 2.61. The van der Waals surface area contributed by atoms with Gasteiger partial charge < -0.3 is 9.47 Å². The van der Waals surface area contributed by atoms with Crippen LogP contribution in [0.3, 0.4) is 0 Å². The molecule has 4 rings (SSSR count). The summed E-state index contributed by atoms with van der Waals surface area (Å²) in [6.45, 7) is 2.13. The average molecular weight is 284 g/mol. The Labute approximate surface area is 121 Å². The lowest BCUT2D eigenvalue weighted by Crippen LogP contribution is -2.31. The van der Waals surface area contributed by atoms with Crippen LogP contribution in [0.2, 0.25) is 0 Å². The molecule has 1 fully saturated rings. The summed E-state index contributed by atoms with van der Waals surface area (Å²) in [6.07, 6.45) is 3.98. The van der Waals surface area contributed by atoms with Crippen molar-refractivity contribution in [1.29, 1.82) is 0 Å². The lowest BCUT2D eigenvalue weighted by Gasteiger charge is -2.30. The highest BCUT2D eigenvalue weighted by molar-refractivity contribution is 6.22. The first-order chi connectivity index (χ1) is 10.1. The summed E-state index contributed by atoms with van der Waals surface area (Å²) in [5.74, 6) is -0.640. The minimum Gasteiger partial charge on any atom is -0.327 e. The number of rotatable bonds is 1. The summed E-state index contributed by atoms with van der Waals surface area (Å²) < 4.78 is 2.15. The number of fused-ring (bicyclic) bond motifs is 2. The van der Waals surface area contributed by atoms with Crippen LogP contribution in [0.25, 0.3) is 11.0 Å². The summed E-state index contributed by atoms with van der Waals surface area (Å²) in [6, 6.07) is 3.93. The van der Waals surface area contributed by atoms with E-state index in [1.165, 1.54) is 0 Å². The Bertz CT molecular complexity index is 756. The van der Waals surface area contributed by atoms with Crippen molar-refractivity contribution < 1.29 is 9.59 Å². The van der Waals surface area contributed by atoms with Gasteiger partial charge in [-0.25, -0.2) is 4.98 Å². The molecule has 1 N–H and O–H groups in total. The van der Waals surface area contributed by atoms with E-state index in [9.17, 15) is 9.59 Å². The topological polar surface area (TPSA) is 67.2 Å². The van der Waals surface area contributed by atoms with E-state index in [1.807, 2.05) is 6.33 Å². The van der Waals surface area contributed by atoms with Gasteiger partial charge in [-0.05, 0) is 45.1 Å². The van der Waals surface area contributed by atoms with Gasteiger partial charge >= 0.3 is 0 Å². The molecule has 0 unspecified atom stereocenters. The van der Waals surface area contributed by atoms with E-state index in [-0.39, 0.29) is 11.8 Å². The van der Waals surface area contributed by atoms with Gasteiger partial charge in [0.05, 0.1) is 28.5 Å². The SMILES string of the molecule is CN1CCC(n2cnc3cc4c(cc32)C(=O)NC4=O)CC1. The standard InChI is InChI=1S/C15H16N4O2/c1-18-4-2-9(3-5-18)19-8-16-12-6-10-11(7-13(12)19)15(21)17-14(10)20/h6-9H,2-5H2,1H3,(H,17,20,21). The first-order valence-corrected chi connectivity index (χ1v) is 7.18. The maximum atomic E-state index is 11.8. The van der Waals surface area contributed by atoms with Crippen molar-refractivity contribution in [2.24, 2.45) is 0 Å². The number of hydrogen-bond acceptors (Lipinski definition) is 4. The van der Waals surface area contributed by atoms with Crippen molar-refractivity contribution in [2.75, 3.05) is 20.1 Å². The minimum absolute atomic E-state index is 0.312. The second-order valence-corrected chi connectivity index (χ2v) is 5.86. The lowest BCUT2D eigenvalue weighted by molar-refractivity contribution is 0.0879. The first-order valence-electron chi connectivity index (χ1n) is 7.18. The van der Waals surface area contributed by atoms with Crippen LogP contribution >= 0.6 is 0 Å². The number of nitrogens with one attached hydrogen (secondary N) is 1. The number of carbonyl (C=O) groups excluding carboxylic acids is 2. The fourth-order valence-corrected chi connectivity index (χ4v) is 3.25. The average Bonchev–Trinajstić information content (AvgIpc) is 3.00. The number of carbonyl (C=O) groups is 2. The largest absolute Gasteiger partial charge is 0.327 e. The minimum atomic E-state index is -0.328. The molecule has 21 heavy (non-hydrogen) atoms. The van der Waals surface area contributed by atoms with Crippen LogP contribution in [-0.4, -0.2) is 46.4 Å². The fourth-order valence-electron chi connectivity index (χ4n) is 3.25. The van der Waals surface area contributed by atoms with Crippen molar-refractivity contribution in [3.05, 3.63) is 29.6 Å². The number of benzene rings is 1. The molecule has 0 spiro atoms. The number of piperidine rings is 1.